The van der Waals surface area contributed by atoms with Gasteiger partial charge in [-0.3, -0.25) is 9.59 Å². The van der Waals surface area contributed by atoms with Gasteiger partial charge in [0.25, 0.3) is 5.91 Å². The highest BCUT2D eigenvalue weighted by atomic mass is 35.5. The maximum atomic E-state index is 11.9. The van der Waals surface area contributed by atoms with Crippen molar-refractivity contribution < 1.29 is 14.3 Å². The Balaban J connectivity index is 0.00000361. The topological polar surface area (TPSA) is 81.4 Å². The molecule has 0 saturated carbocycles. The number of hydrogen-bond donors (Lipinski definition) is 2. The molecule has 0 fully saturated rings. The van der Waals surface area contributed by atoms with E-state index in [1.807, 2.05) is 13.0 Å². The highest BCUT2D eigenvalue weighted by molar-refractivity contribution is 5.96. The molecule has 0 atom stereocenters. The van der Waals surface area contributed by atoms with Crippen LogP contribution in [0.2, 0.25) is 0 Å². The van der Waals surface area contributed by atoms with Crippen molar-refractivity contribution in [2.75, 3.05) is 18.9 Å². The van der Waals surface area contributed by atoms with E-state index in [9.17, 15) is 9.59 Å². The molecule has 0 aliphatic carbocycles. The summed E-state index contributed by atoms with van der Waals surface area (Å²) in [5.41, 5.74) is 7.65. The molecular weight excluding hydrogens is 280 g/mol. The van der Waals surface area contributed by atoms with Crippen molar-refractivity contribution in [3.63, 3.8) is 0 Å². The number of carbonyl (C=O) groups is 2. The highest BCUT2D eigenvalue weighted by Crippen LogP contribution is 2.12. The van der Waals surface area contributed by atoms with Crippen molar-refractivity contribution in [3.05, 3.63) is 29.3 Å². The second-order valence-corrected chi connectivity index (χ2v) is 4.24. The number of amides is 1. The molecule has 0 spiro atoms. The first-order valence-electron chi connectivity index (χ1n) is 6.34. The van der Waals surface area contributed by atoms with Crippen LogP contribution in [0.25, 0.3) is 0 Å². The van der Waals surface area contributed by atoms with Gasteiger partial charge in [0.05, 0.1) is 6.61 Å². The van der Waals surface area contributed by atoms with Crippen LogP contribution in [-0.2, 0) is 9.53 Å². The molecule has 0 radical (unpaired) electrons. The number of benzene rings is 1. The van der Waals surface area contributed by atoms with Gasteiger partial charge >= 0.3 is 5.97 Å². The fraction of sp³-hybridized carbons (Fsp3) is 0.429. The van der Waals surface area contributed by atoms with Crippen molar-refractivity contribution in [2.24, 2.45) is 0 Å². The summed E-state index contributed by atoms with van der Waals surface area (Å²) in [5.74, 6) is -0.412. The first-order chi connectivity index (χ1) is 9.04. The smallest absolute Gasteiger partial charge is 0.305 e. The Bertz CT molecular complexity index is 464. The van der Waals surface area contributed by atoms with Gasteiger partial charge in [-0.1, -0.05) is 6.07 Å². The van der Waals surface area contributed by atoms with E-state index >= 15 is 0 Å². The van der Waals surface area contributed by atoms with Crippen LogP contribution in [0.1, 0.15) is 35.7 Å². The summed E-state index contributed by atoms with van der Waals surface area (Å²) in [7, 11) is 0. The fourth-order valence-electron chi connectivity index (χ4n) is 1.65. The van der Waals surface area contributed by atoms with Crippen LogP contribution in [0.4, 0.5) is 5.69 Å². The van der Waals surface area contributed by atoms with E-state index in [2.05, 4.69) is 5.32 Å². The van der Waals surface area contributed by atoms with Crippen LogP contribution < -0.4 is 11.1 Å². The van der Waals surface area contributed by atoms with Crippen molar-refractivity contribution in [1.82, 2.24) is 5.32 Å². The summed E-state index contributed by atoms with van der Waals surface area (Å²) < 4.78 is 4.80. The van der Waals surface area contributed by atoms with E-state index in [0.717, 1.165) is 5.56 Å². The fourth-order valence-corrected chi connectivity index (χ4v) is 1.65. The summed E-state index contributed by atoms with van der Waals surface area (Å²) in [4.78, 5) is 23.0. The number of rotatable bonds is 6. The van der Waals surface area contributed by atoms with Gasteiger partial charge < -0.3 is 15.8 Å². The van der Waals surface area contributed by atoms with E-state index in [0.29, 0.717) is 37.2 Å². The molecule has 112 valence electrons. The van der Waals surface area contributed by atoms with E-state index in [1.54, 1.807) is 19.1 Å². The molecule has 1 aromatic rings. The van der Waals surface area contributed by atoms with E-state index in [-0.39, 0.29) is 24.3 Å². The number of carbonyl (C=O) groups excluding carboxylic acids is 2. The second kappa shape index (κ2) is 9.20. The summed E-state index contributed by atoms with van der Waals surface area (Å²) in [6.07, 6.45) is 0.871. The minimum absolute atomic E-state index is 0. The minimum Gasteiger partial charge on any atom is -0.466 e. The molecule has 0 aliphatic rings. The van der Waals surface area contributed by atoms with Gasteiger partial charge in [0.15, 0.2) is 0 Å². The molecule has 5 nitrogen and oxygen atoms in total. The Hall–Kier alpha value is -1.75. The number of aryl methyl sites for hydroxylation is 1. The SMILES string of the molecule is CCOC(=O)CCCNC(=O)c1cc(N)ccc1C.Cl. The Morgan fingerprint density at radius 2 is 2.05 bits per heavy atom. The van der Waals surface area contributed by atoms with Crippen LogP contribution in [0, 0.1) is 6.92 Å². The molecule has 20 heavy (non-hydrogen) atoms. The first-order valence-corrected chi connectivity index (χ1v) is 6.34. The van der Waals surface area contributed by atoms with Crippen LogP contribution in [0.3, 0.4) is 0 Å². The highest BCUT2D eigenvalue weighted by Gasteiger charge is 2.09. The maximum Gasteiger partial charge on any atom is 0.305 e. The third-order valence-electron chi connectivity index (χ3n) is 2.65. The lowest BCUT2D eigenvalue weighted by atomic mass is 10.1. The van der Waals surface area contributed by atoms with Crippen molar-refractivity contribution in [2.45, 2.75) is 26.7 Å². The van der Waals surface area contributed by atoms with Crippen LogP contribution in [0.5, 0.6) is 0 Å². The van der Waals surface area contributed by atoms with Crippen molar-refractivity contribution >= 4 is 30.0 Å². The maximum absolute atomic E-state index is 11.9. The predicted octanol–water partition coefficient (Wildman–Crippen LogP) is 2.07. The molecule has 0 saturated heterocycles. The number of anilines is 1. The molecule has 0 unspecified atom stereocenters. The number of nitrogens with two attached hydrogens (primary N) is 1. The molecule has 0 bridgehead atoms. The molecule has 1 aromatic carbocycles. The number of ether oxygens (including phenoxy) is 1. The minimum atomic E-state index is -0.239. The van der Waals surface area contributed by atoms with Crippen LogP contribution in [0.15, 0.2) is 18.2 Å². The number of esters is 1. The lowest BCUT2D eigenvalue weighted by Crippen LogP contribution is -2.25. The molecule has 1 amide bonds. The van der Waals surface area contributed by atoms with Gasteiger partial charge in [-0.25, -0.2) is 0 Å². The van der Waals surface area contributed by atoms with Gasteiger partial charge in [0, 0.05) is 24.2 Å². The number of halogens is 1. The molecule has 3 N–H and O–H groups in total. The van der Waals surface area contributed by atoms with E-state index in [4.69, 9.17) is 10.5 Å². The molecule has 0 aliphatic heterocycles. The Morgan fingerprint density at radius 3 is 2.70 bits per heavy atom. The molecule has 6 heteroatoms. The zero-order valence-corrected chi connectivity index (χ0v) is 12.6. The normalized spacial score (nSPS) is 9.50. The van der Waals surface area contributed by atoms with Gasteiger partial charge in [-0.15, -0.1) is 12.4 Å². The van der Waals surface area contributed by atoms with Crippen LogP contribution >= 0.6 is 12.4 Å². The molecule has 0 heterocycles. The number of nitrogens with one attached hydrogen (secondary N) is 1. The molecule has 0 aromatic heterocycles. The summed E-state index contributed by atoms with van der Waals surface area (Å²) in [6, 6.07) is 5.21. The summed E-state index contributed by atoms with van der Waals surface area (Å²) >= 11 is 0. The lowest BCUT2D eigenvalue weighted by Gasteiger charge is -2.08. The Morgan fingerprint density at radius 1 is 1.35 bits per heavy atom. The molecular formula is C14H21ClN2O3. The predicted molar refractivity (Wildman–Crippen MR) is 81.0 cm³/mol. The summed E-state index contributed by atoms with van der Waals surface area (Å²) in [6.45, 7) is 4.44. The van der Waals surface area contributed by atoms with Gasteiger partial charge in [-0.05, 0) is 38.0 Å². The first kappa shape index (κ1) is 18.2. The van der Waals surface area contributed by atoms with E-state index in [1.165, 1.54) is 0 Å². The molecule has 1 rings (SSSR count). The number of nitrogen functional groups attached to an aromatic ring is 1. The lowest BCUT2D eigenvalue weighted by molar-refractivity contribution is -0.143. The number of hydrogen-bond acceptors (Lipinski definition) is 4. The standard InChI is InChI=1S/C14H20N2O3.ClH/c1-3-19-13(17)5-4-8-16-14(18)12-9-11(15)7-6-10(12)2;/h6-7,9H,3-5,8,15H2,1-2H3,(H,16,18);1H. The van der Waals surface area contributed by atoms with Crippen molar-refractivity contribution in [1.29, 1.82) is 0 Å². The zero-order valence-electron chi connectivity index (χ0n) is 11.8. The quantitative estimate of drug-likeness (QED) is 0.479. The van der Waals surface area contributed by atoms with Crippen molar-refractivity contribution in [3.8, 4) is 0 Å². The summed E-state index contributed by atoms with van der Waals surface area (Å²) in [5, 5.41) is 2.76. The average Bonchev–Trinajstić information content (AvgIpc) is 2.37. The van der Waals surface area contributed by atoms with E-state index < -0.39 is 0 Å². The zero-order chi connectivity index (χ0) is 14.3. The average molecular weight is 301 g/mol. The monoisotopic (exact) mass is 300 g/mol. The van der Waals surface area contributed by atoms with Gasteiger partial charge in [0.1, 0.15) is 0 Å². The Labute approximate surface area is 125 Å². The van der Waals surface area contributed by atoms with Crippen LogP contribution in [-0.4, -0.2) is 25.0 Å². The third-order valence-corrected chi connectivity index (χ3v) is 2.65. The second-order valence-electron chi connectivity index (χ2n) is 4.24. The van der Waals surface area contributed by atoms with Gasteiger partial charge in [0.2, 0.25) is 0 Å². The van der Waals surface area contributed by atoms with Gasteiger partial charge in [-0.2, -0.15) is 0 Å². The largest absolute Gasteiger partial charge is 0.466 e. The third kappa shape index (κ3) is 5.93. The Kier molecular flexibility index (Phi) is 8.40.